The summed E-state index contributed by atoms with van der Waals surface area (Å²) in [6, 6.07) is 7.25. The van der Waals surface area contributed by atoms with Crippen LogP contribution in [-0.4, -0.2) is 28.2 Å². The minimum atomic E-state index is -1.56. The summed E-state index contributed by atoms with van der Waals surface area (Å²) in [7, 11) is -1.56. The third kappa shape index (κ3) is 1.45. The van der Waals surface area contributed by atoms with E-state index in [1.165, 1.54) is 0 Å². The van der Waals surface area contributed by atoms with Crippen molar-refractivity contribution in [3.05, 3.63) is 29.8 Å². The summed E-state index contributed by atoms with van der Waals surface area (Å²) in [5.74, 6) is -0.722. The lowest BCUT2D eigenvalue weighted by Gasteiger charge is -2.18. The van der Waals surface area contributed by atoms with E-state index in [1.807, 2.05) is 19.1 Å². The maximum atomic E-state index is 12.6. The molecule has 0 aromatic heterocycles. The molecule has 0 amide bonds. The third-order valence-electron chi connectivity index (χ3n) is 3.30. The van der Waals surface area contributed by atoms with E-state index >= 15 is 0 Å². The number of azo groups is 1. The van der Waals surface area contributed by atoms with Crippen LogP contribution in [0.15, 0.2) is 39.4 Å². The van der Waals surface area contributed by atoms with Crippen LogP contribution in [0, 0.1) is 12.8 Å². The number of rotatable bonds is 2. The molecule has 0 spiro atoms. The van der Waals surface area contributed by atoms with Crippen LogP contribution < -0.4 is 0 Å². The van der Waals surface area contributed by atoms with Crippen LogP contribution >= 0.6 is 0 Å². The van der Waals surface area contributed by atoms with Gasteiger partial charge in [0.15, 0.2) is 0 Å². The highest BCUT2D eigenvalue weighted by atomic mass is 32.2. The molecular formula is C12H12N2O3S. The van der Waals surface area contributed by atoms with Crippen LogP contribution in [0.1, 0.15) is 5.56 Å². The molecule has 1 fully saturated rings. The fraction of sp³-hybridized carbons (Fsp3) is 0.417. The first-order valence-corrected chi connectivity index (χ1v) is 6.84. The van der Waals surface area contributed by atoms with Crippen molar-refractivity contribution >= 4 is 16.8 Å². The Labute approximate surface area is 107 Å². The van der Waals surface area contributed by atoms with E-state index in [4.69, 9.17) is 4.74 Å². The van der Waals surface area contributed by atoms with Crippen LogP contribution in [0.5, 0.6) is 0 Å². The number of carbonyl (C=O) groups excluding carboxylic acids is 1. The second-order valence-corrected chi connectivity index (χ2v) is 6.13. The minimum absolute atomic E-state index is 0.202. The van der Waals surface area contributed by atoms with Crippen molar-refractivity contribution < 1.29 is 13.7 Å². The van der Waals surface area contributed by atoms with Crippen molar-refractivity contribution in [3.63, 3.8) is 0 Å². The maximum Gasteiger partial charge on any atom is 0.350 e. The summed E-state index contributed by atoms with van der Waals surface area (Å²) in [6.07, 6.45) is 0. The van der Waals surface area contributed by atoms with Gasteiger partial charge in [-0.1, -0.05) is 17.7 Å². The van der Waals surface area contributed by atoms with Gasteiger partial charge in [-0.15, -0.1) is 0 Å². The van der Waals surface area contributed by atoms with Gasteiger partial charge in [0, 0.05) is 4.90 Å². The van der Waals surface area contributed by atoms with Crippen molar-refractivity contribution in [3.8, 4) is 0 Å². The molecule has 0 radical (unpaired) electrons. The first-order valence-electron chi connectivity index (χ1n) is 5.69. The van der Waals surface area contributed by atoms with Gasteiger partial charge in [-0.05, 0) is 19.1 Å². The molecule has 1 unspecified atom stereocenters. The Morgan fingerprint density at radius 1 is 1.39 bits per heavy atom. The Morgan fingerprint density at radius 3 is 2.83 bits per heavy atom. The zero-order valence-corrected chi connectivity index (χ0v) is 10.6. The molecule has 2 aliphatic heterocycles. The largest absolute Gasteiger partial charge is 0.463 e. The summed E-state index contributed by atoms with van der Waals surface area (Å²) in [5.41, 5.74) is 1.08. The quantitative estimate of drug-likeness (QED) is 0.759. The molecule has 1 aromatic carbocycles. The third-order valence-corrected chi connectivity index (χ3v) is 5.15. The normalized spacial score (nSPS) is 31.2. The Balaban J connectivity index is 2.03. The van der Waals surface area contributed by atoms with Gasteiger partial charge in [0.25, 0.3) is 4.87 Å². The summed E-state index contributed by atoms with van der Waals surface area (Å²) in [6.45, 7) is 2.61. The lowest BCUT2D eigenvalue weighted by Crippen LogP contribution is -2.41. The van der Waals surface area contributed by atoms with E-state index in [1.54, 1.807) is 12.1 Å². The van der Waals surface area contributed by atoms with Crippen LogP contribution in [0.2, 0.25) is 0 Å². The van der Waals surface area contributed by atoms with Crippen LogP contribution in [0.25, 0.3) is 0 Å². The number of benzene rings is 1. The molecule has 94 valence electrons. The zero-order valence-electron chi connectivity index (χ0n) is 9.83. The van der Waals surface area contributed by atoms with Crippen molar-refractivity contribution in [2.45, 2.75) is 16.7 Å². The van der Waals surface area contributed by atoms with Crippen molar-refractivity contribution in [1.82, 2.24) is 0 Å². The Morgan fingerprint density at radius 2 is 2.11 bits per heavy atom. The molecule has 3 rings (SSSR count). The molecule has 2 heterocycles. The van der Waals surface area contributed by atoms with Gasteiger partial charge in [-0.25, -0.2) is 4.79 Å². The Kier molecular flexibility index (Phi) is 2.55. The molecule has 3 atom stereocenters. The molecule has 1 saturated heterocycles. The van der Waals surface area contributed by atoms with Gasteiger partial charge in [-0.2, -0.15) is 10.2 Å². The topological polar surface area (TPSA) is 68.1 Å². The number of cyclic esters (lactones) is 1. The number of ether oxygens (including phenoxy) is 1. The molecule has 0 N–H and O–H groups in total. The van der Waals surface area contributed by atoms with Gasteiger partial charge < -0.3 is 4.74 Å². The number of nitrogens with zero attached hydrogens (tertiary/aromatic N) is 2. The summed E-state index contributed by atoms with van der Waals surface area (Å²) in [4.78, 5) is 11.2. The van der Waals surface area contributed by atoms with E-state index in [0.29, 0.717) is 11.4 Å². The molecule has 6 heteroatoms. The molecule has 0 aliphatic carbocycles. The van der Waals surface area contributed by atoms with Crippen LogP contribution in [-0.2, 0) is 20.3 Å². The van der Waals surface area contributed by atoms with Gasteiger partial charge in [0.05, 0.1) is 23.3 Å². The highest BCUT2D eigenvalue weighted by Crippen LogP contribution is 2.41. The van der Waals surface area contributed by atoms with E-state index in [9.17, 15) is 9.00 Å². The minimum Gasteiger partial charge on any atom is -0.463 e. The average Bonchev–Trinajstić information content (AvgIpc) is 2.92. The van der Waals surface area contributed by atoms with Gasteiger partial charge in [0.2, 0.25) is 0 Å². The number of carbonyl (C=O) groups is 1. The summed E-state index contributed by atoms with van der Waals surface area (Å²) in [5, 5.41) is 7.84. The van der Waals surface area contributed by atoms with E-state index < -0.39 is 21.6 Å². The second-order valence-electron chi connectivity index (χ2n) is 4.50. The first-order chi connectivity index (χ1) is 8.64. The second kappa shape index (κ2) is 3.98. The summed E-state index contributed by atoms with van der Waals surface area (Å²) >= 11 is 0. The van der Waals surface area contributed by atoms with Crippen molar-refractivity contribution in [2.24, 2.45) is 16.1 Å². The maximum absolute atomic E-state index is 12.6. The fourth-order valence-corrected chi connectivity index (χ4v) is 3.74. The van der Waals surface area contributed by atoms with E-state index in [0.717, 1.165) is 5.56 Å². The highest BCUT2D eigenvalue weighted by Gasteiger charge is 2.61. The molecule has 0 bridgehead atoms. The van der Waals surface area contributed by atoms with Gasteiger partial charge >= 0.3 is 5.97 Å². The standard InChI is InChI=1S/C12H12N2O3S/c1-8-2-4-10(5-3-8)18(16)12-9(6-13-14-12)7-17-11(12)15/h2-5,9H,6-7H2,1H3/t9-,12+,18?/m0/s1. The number of hydrogen-bond donors (Lipinski definition) is 0. The number of aryl methyl sites for hydroxylation is 1. The van der Waals surface area contributed by atoms with E-state index in [-0.39, 0.29) is 12.5 Å². The summed E-state index contributed by atoms with van der Waals surface area (Å²) < 4.78 is 17.6. The predicted molar refractivity (Wildman–Crippen MR) is 64.5 cm³/mol. The number of esters is 1. The van der Waals surface area contributed by atoms with Gasteiger partial charge in [-0.3, -0.25) is 4.21 Å². The molecule has 1 aromatic rings. The molecule has 0 saturated carbocycles. The molecular weight excluding hydrogens is 252 g/mol. The monoisotopic (exact) mass is 264 g/mol. The number of fused-ring (bicyclic) bond motifs is 1. The lowest BCUT2D eigenvalue weighted by molar-refractivity contribution is -0.140. The molecule has 18 heavy (non-hydrogen) atoms. The first kappa shape index (κ1) is 11.5. The smallest absolute Gasteiger partial charge is 0.350 e. The van der Waals surface area contributed by atoms with Crippen LogP contribution in [0.4, 0.5) is 0 Å². The highest BCUT2D eigenvalue weighted by molar-refractivity contribution is 7.87. The van der Waals surface area contributed by atoms with Gasteiger partial charge in [0.1, 0.15) is 6.61 Å². The molecule has 2 aliphatic rings. The SMILES string of the molecule is Cc1ccc(S(=O)[C@]23N=NC[C@H]2COC3=O)cc1. The lowest BCUT2D eigenvalue weighted by atomic mass is 10.1. The van der Waals surface area contributed by atoms with Crippen molar-refractivity contribution in [1.29, 1.82) is 0 Å². The molecule has 5 nitrogen and oxygen atoms in total. The fourth-order valence-electron chi connectivity index (χ4n) is 2.21. The number of hydrogen-bond acceptors (Lipinski definition) is 5. The van der Waals surface area contributed by atoms with E-state index in [2.05, 4.69) is 10.2 Å². The van der Waals surface area contributed by atoms with Crippen molar-refractivity contribution in [2.75, 3.05) is 13.2 Å². The predicted octanol–water partition coefficient (Wildman–Crippen LogP) is 1.44. The average molecular weight is 264 g/mol. The van der Waals surface area contributed by atoms with Crippen LogP contribution in [0.3, 0.4) is 0 Å². The zero-order chi connectivity index (χ0) is 12.8. The Hall–Kier alpha value is -1.56. The Bertz CT molecular complexity index is 555.